The summed E-state index contributed by atoms with van der Waals surface area (Å²) in [6, 6.07) is 1.09. The topological polar surface area (TPSA) is 111 Å². The van der Waals surface area contributed by atoms with E-state index in [1.54, 1.807) is 0 Å². The van der Waals surface area contributed by atoms with Crippen molar-refractivity contribution < 1.29 is 28.1 Å². The molecule has 1 aromatic rings. The van der Waals surface area contributed by atoms with Crippen LogP contribution < -0.4 is 11.4 Å². The number of nitrogens with two attached hydrogens (primary N) is 1. The zero-order chi connectivity index (χ0) is 15.8. The van der Waals surface area contributed by atoms with Crippen molar-refractivity contribution in [2.24, 2.45) is 0 Å². The number of nitrogen functional groups attached to an aromatic ring is 1. The molecule has 3 atom stereocenters. The highest BCUT2D eigenvalue weighted by Crippen LogP contribution is 2.49. The van der Waals surface area contributed by atoms with Gasteiger partial charge in [-0.3, -0.25) is 4.57 Å². The van der Waals surface area contributed by atoms with E-state index in [9.17, 15) is 23.1 Å². The summed E-state index contributed by atoms with van der Waals surface area (Å²) in [6.07, 6.45) is -4.39. The van der Waals surface area contributed by atoms with Crippen molar-refractivity contribution in [3.8, 4) is 0 Å². The van der Waals surface area contributed by atoms with Crippen LogP contribution in [0.4, 0.5) is 19.0 Å². The number of aromatic nitrogens is 2. The fraction of sp³-hybridized carbons (Fsp3) is 0.636. The molecule has 0 spiro atoms. The van der Waals surface area contributed by atoms with Crippen LogP contribution in [0.2, 0.25) is 0 Å². The molecule has 4 N–H and O–H groups in total. The third-order valence-corrected chi connectivity index (χ3v) is 3.40. The van der Waals surface area contributed by atoms with Crippen LogP contribution in [0.3, 0.4) is 0 Å². The highest BCUT2D eigenvalue weighted by atomic mass is 19.3. The Morgan fingerprint density at radius 3 is 2.71 bits per heavy atom. The number of halogens is 3. The Bertz CT molecular complexity index is 582. The average molecular weight is 309 g/mol. The van der Waals surface area contributed by atoms with E-state index in [1.165, 1.54) is 0 Å². The summed E-state index contributed by atoms with van der Waals surface area (Å²) >= 11 is 0. The van der Waals surface area contributed by atoms with Gasteiger partial charge in [0.2, 0.25) is 6.23 Å². The Labute approximate surface area is 116 Å². The minimum absolute atomic E-state index is 0.176. The van der Waals surface area contributed by atoms with E-state index in [2.05, 4.69) is 4.98 Å². The fourth-order valence-corrected chi connectivity index (χ4v) is 2.25. The third-order valence-electron chi connectivity index (χ3n) is 3.40. The number of ether oxygens (including phenoxy) is 1. The first-order valence-electron chi connectivity index (χ1n) is 6.03. The Kier molecular flexibility index (Phi) is 3.95. The molecule has 118 valence electrons. The zero-order valence-corrected chi connectivity index (χ0v) is 10.7. The maximum Gasteiger partial charge on any atom is 0.351 e. The van der Waals surface area contributed by atoms with E-state index < -0.39 is 49.2 Å². The number of hydrogen-bond donors (Lipinski definition) is 3. The van der Waals surface area contributed by atoms with E-state index in [1.807, 2.05) is 0 Å². The quantitative estimate of drug-likeness (QED) is 0.688. The number of hydrogen-bond acceptors (Lipinski definition) is 6. The van der Waals surface area contributed by atoms with Crippen LogP contribution in [0.25, 0.3) is 0 Å². The van der Waals surface area contributed by atoms with Gasteiger partial charge < -0.3 is 20.7 Å². The van der Waals surface area contributed by atoms with E-state index in [0.717, 1.165) is 12.3 Å². The lowest BCUT2D eigenvalue weighted by molar-refractivity contribution is -0.144. The Morgan fingerprint density at radius 2 is 2.19 bits per heavy atom. The summed E-state index contributed by atoms with van der Waals surface area (Å²) in [4.78, 5) is 14.9. The average Bonchev–Trinajstić information content (AvgIpc) is 2.61. The van der Waals surface area contributed by atoms with Crippen molar-refractivity contribution >= 4 is 5.82 Å². The van der Waals surface area contributed by atoms with E-state index in [4.69, 9.17) is 15.6 Å². The summed E-state index contributed by atoms with van der Waals surface area (Å²) in [5.41, 5.74) is 1.85. The molecule has 3 unspecified atom stereocenters. The van der Waals surface area contributed by atoms with Gasteiger partial charge >= 0.3 is 11.6 Å². The molecule has 1 aromatic heterocycles. The lowest BCUT2D eigenvalue weighted by Gasteiger charge is -2.27. The molecule has 0 bridgehead atoms. The van der Waals surface area contributed by atoms with Crippen molar-refractivity contribution in [1.29, 1.82) is 0 Å². The maximum absolute atomic E-state index is 14.1. The summed E-state index contributed by atoms with van der Waals surface area (Å²) in [7, 11) is 0. The van der Waals surface area contributed by atoms with E-state index in [0.29, 0.717) is 4.57 Å². The van der Waals surface area contributed by atoms with Gasteiger partial charge in [0.15, 0.2) is 6.10 Å². The number of nitrogens with zero attached hydrogens (tertiary/aromatic N) is 2. The van der Waals surface area contributed by atoms with Crippen molar-refractivity contribution in [3.63, 3.8) is 0 Å². The van der Waals surface area contributed by atoms with Crippen molar-refractivity contribution in [2.75, 3.05) is 19.0 Å². The molecular weight excluding hydrogens is 295 g/mol. The molecule has 2 heterocycles. The first-order valence-corrected chi connectivity index (χ1v) is 6.03. The standard InChI is InChI=1S/C11H14F3N3O4/c12-5-10(2-4-18)7(19)11(13,14)8(21-10)17-3-1-6(15)16-9(17)20/h1,3,7-8,18-19H,2,4-5H2,(H2,15,16,20). The number of aliphatic hydroxyl groups is 2. The van der Waals surface area contributed by atoms with Gasteiger partial charge in [-0.25, -0.2) is 9.18 Å². The predicted octanol–water partition coefficient (Wildman–Crippen LogP) is -0.559. The lowest BCUT2D eigenvalue weighted by Crippen LogP contribution is -2.48. The second-order valence-corrected chi connectivity index (χ2v) is 4.76. The van der Waals surface area contributed by atoms with Crippen LogP contribution >= 0.6 is 0 Å². The number of rotatable bonds is 4. The molecule has 0 aliphatic carbocycles. The molecule has 2 rings (SSSR count). The Morgan fingerprint density at radius 1 is 1.52 bits per heavy atom. The molecule has 7 nitrogen and oxygen atoms in total. The summed E-state index contributed by atoms with van der Waals surface area (Å²) in [5.74, 6) is -4.12. The molecule has 1 aliphatic heterocycles. The molecule has 0 aromatic carbocycles. The van der Waals surface area contributed by atoms with E-state index >= 15 is 0 Å². The first kappa shape index (κ1) is 15.7. The number of aliphatic hydroxyl groups excluding tert-OH is 2. The van der Waals surface area contributed by atoms with Gasteiger partial charge in [-0.2, -0.15) is 13.8 Å². The smallest absolute Gasteiger partial charge is 0.351 e. The Hall–Kier alpha value is -1.65. The lowest BCUT2D eigenvalue weighted by atomic mass is 9.93. The van der Waals surface area contributed by atoms with Gasteiger partial charge in [0.25, 0.3) is 0 Å². The molecule has 1 saturated heterocycles. The minimum atomic E-state index is -3.94. The van der Waals surface area contributed by atoms with Crippen LogP contribution in [0.1, 0.15) is 12.6 Å². The highest BCUT2D eigenvalue weighted by Gasteiger charge is 2.66. The van der Waals surface area contributed by atoms with Gasteiger partial charge in [-0.15, -0.1) is 0 Å². The van der Waals surface area contributed by atoms with Crippen LogP contribution in [0.15, 0.2) is 17.1 Å². The summed E-state index contributed by atoms with van der Waals surface area (Å²) in [5, 5.41) is 18.5. The second kappa shape index (κ2) is 5.28. The van der Waals surface area contributed by atoms with Crippen LogP contribution in [-0.2, 0) is 4.74 Å². The summed E-state index contributed by atoms with van der Waals surface area (Å²) < 4.78 is 46.7. The second-order valence-electron chi connectivity index (χ2n) is 4.76. The molecule has 10 heteroatoms. The molecule has 0 saturated carbocycles. The van der Waals surface area contributed by atoms with Crippen molar-refractivity contribution in [2.45, 2.75) is 30.3 Å². The Balaban J connectivity index is 2.47. The number of alkyl halides is 3. The molecule has 21 heavy (non-hydrogen) atoms. The monoisotopic (exact) mass is 309 g/mol. The molecule has 0 amide bonds. The molecule has 1 fully saturated rings. The van der Waals surface area contributed by atoms with Gasteiger partial charge in [0.1, 0.15) is 18.1 Å². The molecular formula is C11H14F3N3O4. The normalized spacial score (nSPS) is 31.5. The SMILES string of the molecule is Nc1ccn(C2OC(CF)(CCO)C(O)C2(F)F)c(=O)n1. The minimum Gasteiger partial charge on any atom is -0.396 e. The maximum atomic E-state index is 14.1. The predicted molar refractivity (Wildman–Crippen MR) is 64.4 cm³/mol. The largest absolute Gasteiger partial charge is 0.396 e. The van der Waals surface area contributed by atoms with Crippen LogP contribution in [0, 0.1) is 0 Å². The van der Waals surface area contributed by atoms with Gasteiger partial charge in [-0.05, 0) is 6.07 Å². The zero-order valence-electron chi connectivity index (χ0n) is 10.7. The third kappa shape index (κ3) is 2.39. The van der Waals surface area contributed by atoms with Gasteiger partial charge in [0.05, 0.1) is 0 Å². The first-order chi connectivity index (χ1) is 9.78. The molecule has 0 radical (unpaired) electrons. The number of anilines is 1. The highest BCUT2D eigenvalue weighted by molar-refractivity contribution is 5.24. The van der Waals surface area contributed by atoms with Crippen molar-refractivity contribution in [1.82, 2.24) is 9.55 Å². The van der Waals surface area contributed by atoms with E-state index in [-0.39, 0.29) is 5.82 Å². The van der Waals surface area contributed by atoms with Crippen LogP contribution in [0.5, 0.6) is 0 Å². The van der Waals surface area contributed by atoms with Crippen molar-refractivity contribution in [3.05, 3.63) is 22.7 Å². The van der Waals surface area contributed by atoms with Gasteiger partial charge in [0, 0.05) is 19.2 Å². The fourth-order valence-electron chi connectivity index (χ4n) is 2.25. The van der Waals surface area contributed by atoms with Gasteiger partial charge in [-0.1, -0.05) is 0 Å². The van der Waals surface area contributed by atoms with Crippen LogP contribution in [-0.4, -0.2) is 50.7 Å². The molecule has 1 aliphatic rings. The summed E-state index contributed by atoms with van der Waals surface area (Å²) in [6.45, 7) is -2.11.